The van der Waals surface area contributed by atoms with Gasteiger partial charge in [0.1, 0.15) is 11.3 Å². The van der Waals surface area contributed by atoms with Crippen LogP contribution < -0.4 is 5.32 Å². The highest BCUT2D eigenvalue weighted by Crippen LogP contribution is 2.36. The van der Waals surface area contributed by atoms with Crippen LogP contribution in [0.25, 0.3) is 11.0 Å². The number of halogens is 1. The number of para-hydroxylation sites is 1. The average molecular weight is 344 g/mol. The lowest BCUT2D eigenvalue weighted by Crippen LogP contribution is -2.28. The third kappa shape index (κ3) is 2.61. The lowest BCUT2D eigenvalue weighted by molar-refractivity contribution is -0.141. The number of hydrogen-bond acceptors (Lipinski definition) is 5. The van der Waals surface area contributed by atoms with Crippen LogP contribution in [0.15, 0.2) is 30.6 Å². The Labute approximate surface area is 142 Å². The van der Waals surface area contributed by atoms with Gasteiger partial charge < -0.3 is 15.0 Å². The summed E-state index contributed by atoms with van der Waals surface area (Å²) in [7, 11) is 1.73. The molecule has 1 fully saturated rings. The van der Waals surface area contributed by atoms with E-state index in [1.807, 2.05) is 0 Å². The summed E-state index contributed by atoms with van der Waals surface area (Å²) in [5.74, 6) is -1.15. The van der Waals surface area contributed by atoms with E-state index in [1.165, 1.54) is 6.07 Å². The number of nitrogens with zero attached hydrogens (tertiary/aromatic N) is 5. The van der Waals surface area contributed by atoms with Crippen LogP contribution in [0.1, 0.15) is 18.9 Å². The highest BCUT2D eigenvalue weighted by atomic mass is 19.1. The SMILES string of the molecule is Cn1c(N[C@@H]2CC(C(=O)O)C[C@@H]2n2ccnn2)nc2cccc(F)c21. The molecule has 1 aliphatic carbocycles. The number of carboxylic acids is 1. The van der Waals surface area contributed by atoms with Gasteiger partial charge in [0, 0.05) is 13.2 Å². The Morgan fingerprint density at radius 2 is 2.24 bits per heavy atom. The van der Waals surface area contributed by atoms with Crippen molar-refractivity contribution in [2.45, 2.75) is 24.9 Å². The molecule has 4 rings (SSSR count). The second kappa shape index (κ2) is 5.83. The number of nitrogens with one attached hydrogen (secondary N) is 1. The molecule has 0 radical (unpaired) electrons. The van der Waals surface area contributed by atoms with Crippen LogP contribution >= 0.6 is 0 Å². The normalized spacial score (nSPS) is 23.2. The summed E-state index contributed by atoms with van der Waals surface area (Å²) in [5.41, 5.74) is 0.963. The summed E-state index contributed by atoms with van der Waals surface area (Å²) in [4.78, 5) is 15.9. The summed E-state index contributed by atoms with van der Waals surface area (Å²) in [6, 6.07) is 4.40. The van der Waals surface area contributed by atoms with Crippen molar-refractivity contribution in [1.29, 1.82) is 0 Å². The van der Waals surface area contributed by atoms with E-state index in [4.69, 9.17) is 0 Å². The summed E-state index contributed by atoms with van der Waals surface area (Å²) < 4.78 is 17.4. The van der Waals surface area contributed by atoms with Gasteiger partial charge in [0.25, 0.3) is 0 Å². The standard InChI is InChI=1S/C16H17FN6O2/c1-22-14-10(17)3-2-4-11(14)19-16(22)20-12-7-9(15(24)25)8-13(12)23-6-5-18-21-23/h2-6,9,12-13H,7-8H2,1H3,(H,19,20)(H,24,25)/t9?,12-,13+/m1/s1. The fourth-order valence-electron chi connectivity index (χ4n) is 3.58. The molecule has 0 bridgehead atoms. The van der Waals surface area contributed by atoms with E-state index in [2.05, 4.69) is 20.6 Å². The molecular weight excluding hydrogens is 327 g/mol. The molecule has 130 valence electrons. The Bertz CT molecular complexity index is 922. The molecule has 1 aliphatic rings. The zero-order chi connectivity index (χ0) is 17.6. The van der Waals surface area contributed by atoms with Gasteiger partial charge >= 0.3 is 5.97 Å². The van der Waals surface area contributed by atoms with Crippen molar-refractivity contribution in [2.75, 3.05) is 5.32 Å². The smallest absolute Gasteiger partial charge is 0.306 e. The molecule has 1 unspecified atom stereocenters. The molecule has 25 heavy (non-hydrogen) atoms. The first-order chi connectivity index (χ1) is 12.0. The Morgan fingerprint density at radius 1 is 1.40 bits per heavy atom. The average Bonchev–Trinajstić information content (AvgIpc) is 3.28. The lowest BCUT2D eigenvalue weighted by atomic mass is 10.1. The van der Waals surface area contributed by atoms with Gasteiger partial charge in [0.05, 0.1) is 29.7 Å². The largest absolute Gasteiger partial charge is 0.481 e. The Balaban J connectivity index is 1.67. The first-order valence-corrected chi connectivity index (χ1v) is 8.00. The number of imidazole rings is 1. The van der Waals surface area contributed by atoms with Crippen LogP contribution in [0.3, 0.4) is 0 Å². The number of rotatable bonds is 4. The molecule has 2 heterocycles. The van der Waals surface area contributed by atoms with Crippen LogP contribution in [0, 0.1) is 11.7 Å². The Kier molecular flexibility index (Phi) is 3.63. The summed E-state index contributed by atoms with van der Waals surface area (Å²) >= 11 is 0. The van der Waals surface area contributed by atoms with Gasteiger partial charge in [-0.05, 0) is 25.0 Å². The second-order valence-corrected chi connectivity index (χ2v) is 6.31. The van der Waals surface area contributed by atoms with Gasteiger partial charge in [-0.2, -0.15) is 0 Å². The number of fused-ring (bicyclic) bond motifs is 1. The fourth-order valence-corrected chi connectivity index (χ4v) is 3.58. The van der Waals surface area contributed by atoms with E-state index in [-0.39, 0.29) is 17.9 Å². The number of hydrogen-bond donors (Lipinski definition) is 2. The zero-order valence-corrected chi connectivity index (χ0v) is 13.5. The van der Waals surface area contributed by atoms with Crippen molar-refractivity contribution in [3.63, 3.8) is 0 Å². The Hall–Kier alpha value is -2.97. The molecule has 3 atom stereocenters. The molecule has 1 aromatic carbocycles. The molecule has 2 N–H and O–H groups in total. The topological polar surface area (TPSA) is 97.9 Å². The van der Waals surface area contributed by atoms with Crippen LogP contribution in [-0.2, 0) is 11.8 Å². The maximum absolute atomic E-state index is 14.1. The van der Waals surface area contributed by atoms with Crippen LogP contribution in [0.4, 0.5) is 10.3 Å². The predicted octanol–water partition coefficient (Wildman–Crippen LogP) is 1.82. The quantitative estimate of drug-likeness (QED) is 0.749. The van der Waals surface area contributed by atoms with Crippen LogP contribution in [-0.4, -0.2) is 41.7 Å². The summed E-state index contributed by atoms with van der Waals surface area (Å²) in [5, 5.41) is 20.5. The highest BCUT2D eigenvalue weighted by molar-refractivity contribution is 5.79. The summed E-state index contributed by atoms with van der Waals surface area (Å²) in [6.45, 7) is 0. The number of carbonyl (C=O) groups is 1. The lowest BCUT2D eigenvalue weighted by Gasteiger charge is -2.21. The molecule has 0 aliphatic heterocycles. The maximum atomic E-state index is 14.1. The zero-order valence-electron chi connectivity index (χ0n) is 13.5. The third-order valence-electron chi connectivity index (χ3n) is 4.82. The number of anilines is 1. The Morgan fingerprint density at radius 3 is 2.92 bits per heavy atom. The first-order valence-electron chi connectivity index (χ1n) is 8.00. The van der Waals surface area contributed by atoms with Gasteiger partial charge in [-0.25, -0.2) is 14.1 Å². The van der Waals surface area contributed by atoms with Crippen molar-refractivity contribution in [1.82, 2.24) is 24.5 Å². The molecule has 1 saturated carbocycles. The minimum Gasteiger partial charge on any atom is -0.481 e. The van der Waals surface area contributed by atoms with Crippen LogP contribution in [0.2, 0.25) is 0 Å². The minimum absolute atomic E-state index is 0.159. The molecular formula is C16H17FN6O2. The van der Waals surface area contributed by atoms with E-state index in [9.17, 15) is 14.3 Å². The van der Waals surface area contributed by atoms with E-state index in [0.717, 1.165) is 0 Å². The second-order valence-electron chi connectivity index (χ2n) is 6.31. The molecule has 0 saturated heterocycles. The van der Waals surface area contributed by atoms with Gasteiger partial charge in [-0.15, -0.1) is 5.10 Å². The van der Waals surface area contributed by atoms with E-state index in [1.54, 1.807) is 40.8 Å². The van der Waals surface area contributed by atoms with Crippen molar-refractivity contribution in [3.05, 3.63) is 36.4 Å². The van der Waals surface area contributed by atoms with Crippen molar-refractivity contribution in [2.24, 2.45) is 13.0 Å². The highest BCUT2D eigenvalue weighted by Gasteiger charge is 2.40. The molecule has 2 aromatic heterocycles. The monoisotopic (exact) mass is 344 g/mol. The predicted molar refractivity (Wildman–Crippen MR) is 87.5 cm³/mol. The van der Waals surface area contributed by atoms with Crippen molar-refractivity contribution >= 4 is 23.0 Å². The number of aliphatic carboxylic acids is 1. The number of aryl methyl sites for hydroxylation is 1. The molecule has 9 heteroatoms. The van der Waals surface area contributed by atoms with Gasteiger partial charge in [0.15, 0.2) is 0 Å². The minimum atomic E-state index is -0.828. The van der Waals surface area contributed by atoms with Crippen LogP contribution in [0.5, 0.6) is 0 Å². The van der Waals surface area contributed by atoms with Gasteiger partial charge in [-0.1, -0.05) is 11.3 Å². The third-order valence-corrected chi connectivity index (χ3v) is 4.82. The number of benzene rings is 1. The maximum Gasteiger partial charge on any atom is 0.306 e. The van der Waals surface area contributed by atoms with Crippen molar-refractivity contribution in [3.8, 4) is 0 Å². The summed E-state index contributed by atoms with van der Waals surface area (Å²) in [6.07, 6.45) is 4.17. The fraction of sp³-hybridized carbons (Fsp3) is 0.375. The number of aromatic nitrogens is 5. The van der Waals surface area contributed by atoms with E-state index < -0.39 is 11.9 Å². The molecule has 0 spiro atoms. The molecule has 0 amide bonds. The van der Waals surface area contributed by atoms with Gasteiger partial charge in [-0.3, -0.25) is 4.79 Å². The van der Waals surface area contributed by atoms with Gasteiger partial charge in [0.2, 0.25) is 5.95 Å². The van der Waals surface area contributed by atoms with E-state index in [0.29, 0.717) is 29.8 Å². The van der Waals surface area contributed by atoms with E-state index >= 15 is 0 Å². The number of carboxylic acid groups (broad SMARTS) is 1. The van der Waals surface area contributed by atoms with Crippen molar-refractivity contribution < 1.29 is 14.3 Å². The molecule has 8 nitrogen and oxygen atoms in total. The first kappa shape index (κ1) is 15.6. The molecule has 3 aromatic rings.